The van der Waals surface area contributed by atoms with Crippen LogP contribution in [0.1, 0.15) is 25.8 Å². The van der Waals surface area contributed by atoms with Crippen molar-refractivity contribution in [1.82, 2.24) is 10.6 Å². The minimum absolute atomic E-state index is 0.140. The number of likely N-dealkylation sites (N-methyl/N-ethyl adjacent to an activating group) is 1. The average Bonchev–Trinajstić information content (AvgIpc) is 2.50. The molecule has 0 saturated carbocycles. The zero-order valence-corrected chi connectivity index (χ0v) is 12.3. The Balaban J connectivity index is 2.49. The maximum absolute atomic E-state index is 11.8. The Bertz CT molecular complexity index is 387. The fraction of sp³-hybridized carbons (Fsp3) is 0.533. The van der Waals surface area contributed by atoms with Crippen molar-refractivity contribution >= 4 is 6.09 Å². The summed E-state index contributed by atoms with van der Waals surface area (Å²) in [5.74, 6) is 0.140. The van der Waals surface area contributed by atoms with Crippen molar-refractivity contribution < 1.29 is 14.6 Å². The minimum Gasteiger partial charge on any atom is -0.445 e. The molecule has 0 bridgehead atoms. The highest BCUT2D eigenvalue weighted by molar-refractivity contribution is 5.67. The van der Waals surface area contributed by atoms with E-state index in [1.54, 1.807) is 7.05 Å². The first-order valence-electron chi connectivity index (χ1n) is 6.91. The number of hydrogen-bond donors (Lipinski definition) is 3. The van der Waals surface area contributed by atoms with Crippen molar-refractivity contribution in [1.29, 1.82) is 0 Å². The molecule has 0 aliphatic rings. The van der Waals surface area contributed by atoms with Gasteiger partial charge in [0.15, 0.2) is 0 Å². The minimum atomic E-state index is -0.797. The first-order chi connectivity index (χ1) is 9.58. The number of benzene rings is 1. The number of nitrogens with one attached hydrogen (secondary N) is 2. The second-order valence-corrected chi connectivity index (χ2v) is 4.85. The molecule has 1 aromatic rings. The van der Waals surface area contributed by atoms with E-state index in [1.165, 1.54) is 0 Å². The van der Waals surface area contributed by atoms with Crippen LogP contribution in [0.3, 0.4) is 0 Å². The van der Waals surface area contributed by atoms with E-state index < -0.39 is 12.3 Å². The van der Waals surface area contributed by atoms with Gasteiger partial charge in [0.1, 0.15) is 12.8 Å². The number of rotatable bonds is 7. The molecule has 0 saturated heterocycles. The van der Waals surface area contributed by atoms with Gasteiger partial charge >= 0.3 is 6.09 Å². The van der Waals surface area contributed by atoms with Crippen LogP contribution in [-0.4, -0.2) is 30.5 Å². The summed E-state index contributed by atoms with van der Waals surface area (Å²) in [4.78, 5) is 11.8. The molecule has 5 heteroatoms. The lowest BCUT2D eigenvalue weighted by Crippen LogP contribution is -2.52. The van der Waals surface area contributed by atoms with Gasteiger partial charge in [-0.2, -0.15) is 0 Å². The molecule has 0 fully saturated rings. The molecule has 3 unspecified atom stereocenters. The van der Waals surface area contributed by atoms with Crippen molar-refractivity contribution in [2.24, 2.45) is 5.92 Å². The molecule has 1 aromatic carbocycles. The van der Waals surface area contributed by atoms with Crippen LogP contribution in [0.5, 0.6) is 0 Å². The highest BCUT2D eigenvalue weighted by atomic mass is 16.5. The van der Waals surface area contributed by atoms with Crippen LogP contribution < -0.4 is 10.6 Å². The highest BCUT2D eigenvalue weighted by Gasteiger charge is 2.25. The molecule has 0 aliphatic heterocycles. The number of alkyl carbamates (subject to hydrolysis) is 1. The van der Waals surface area contributed by atoms with Gasteiger partial charge in [-0.15, -0.1) is 0 Å². The van der Waals surface area contributed by atoms with E-state index in [1.807, 2.05) is 44.2 Å². The molecular weight excluding hydrogens is 256 g/mol. The van der Waals surface area contributed by atoms with E-state index in [9.17, 15) is 9.90 Å². The first kappa shape index (κ1) is 16.5. The average molecular weight is 280 g/mol. The molecule has 0 heterocycles. The standard InChI is InChI=1S/C15H24N2O3/c1-4-11(2)13(14(18)16-3)17-15(19)20-10-12-8-6-5-7-9-12/h5-9,11,13-14,16,18H,4,10H2,1-3H3,(H,17,19). The van der Waals surface area contributed by atoms with Gasteiger partial charge in [0.2, 0.25) is 0 Å². The number of aliphatic hydroxyl groups is 1. The smallest absolute Gasteiger partial charge is 0.407 e. The number of amides is 1. The van der Waals surface area contributed by atoms with E-state index in [4.69, 9.17) is 4.74 Å². The third kappa shape index (κ3) is 5.19. The predicted molar refractivity (Wildman–Crippen MR) is 78.1 cm³/mol. The summed E-state index contributed by atoms with van der Waals surface area (Å²) in [5, 5.41) is 15.3. The molecule has 0 spiro atoms. The van der Waals surface area contributed by atoms with E-state index in [2.05, 4.69) is 10.6 Å². The molecule has 0 aromatic heterocycles. The summed E-state index contributed by atoms with van der Waals surface area (Å²) in [6, 6.07) is 9.09. The summed E-state index contributed by atoms with van der Waals surface area (Å²) < 4.78 is 5.16. The fourth-order valence-electron chi connectivity index (χ4n) is 1.87. The van der Waals surface area contributed by atoms with Gasteiger partial charge < -0.3 is 15.2 Å². The fourth-order valence-corrected chi connectivity index (χ4v) is 1.87. The Hall–Kier alpha value is -1.59. The zero-order chi connectivity index (χ0) is 15.0. The van der Waals surface area contributed by atoms with Gasteiger partial charge in [0.25, 0.3) is 0 Å². The number of ether oxygens (including phenoxy) is 1. The largest absolute Gasteiger partial charge is 0.445 e. The Morgan fingerprint density at radius 1 is 1.35 bits per heavy atom. The molecule has 1 rings (SSSR count). The number of hydrogen-bond acceptors (Lipinski definition) is 4. The van der Waals surface area contributed by atoms with Crippen LogP contribution in [0.4, 0.5) is 4.79 Å². The lowest BCUT2D eigenvalue weighted by atomic mass is 9.98. The quantitative estimate of drug-likeness (QED) is 0.667. The third-order valence-corrected chi connectivity index (χ3v) is 3.39. The molecule has 5 nitrogen and oxygen atoms in total. The highest BCUT2D eigenvalue weighted by Crippen LogP contribution is 2.11. The number of aliphatic hydroxyl groups excluding tert-OH is 1. The summed E-state index contributed by atoms with van der Waals surface area (Å²) in [7, 11) is 1.65. The molecular formula is C15H24N2O3. The van der Waals surface area contributed by atoms with Crippen LogP contribution in [0, 0.1) is 5.92 Å². The van der Waals surface area contributed by atoms with E-state index >= 15 is 0 Å². The Morgan fingerprint density at radius 3 is 2.55 bits per heavy atom. The summed E-state index contributed by atoms with van der Waals surface area (Å²) >= 11 is 0. The molecule has 112 valence electrons. The zero-order valence-electron chi connectivity index (χ0n) is 12.3. The van der Waals surface area contributed by atoms with Gasteiger partial charge in [-0.3, -0.25) is 5.32 Å². The van der Waals surface area contributed by atoms with Crippen molar-refractivity contribution in [3.8, 4) is 0 Å². The van der Waals surface area contributed by atoms with Crippen LogP contribution >= 0.6 is 0 Å². The monoisotopic (exact) mass is 280 g/mol. The van der Waals surface area contributed by atoms with Gasteiger partial charge in [0, 0.05) is 0 Å². The topological polar surface area (TPSA) is 70.6 Å². The Labute approximate surface area is 120 Å². The van der Waals surface area contributed by atoms with Gasteiger partial charge in [0.05, 0.1) is 6.04 Å². The number of carbonyl (C=O) groups excluding carboxylic acids is 1. The maximum Gasteiger partial charge on any atom is 0.407 e. The van der Waals surface area contributed by atoms with E-state index in [0.717, 1.165) is 12.0 Å². The Morgan fingerprint density at radius 2 is 2.00 bits per heavy atom. The molecule has 0 aliphatic carbocycles. The lowest BCUT2D eigenvalue weighted by Gasteiger charge is -2.28. The number of carbonyl (C=O) groups is 1. The summed E-state index contributed by atoms with van der Waals surface area (Å²) in [6.07, 6.45) is -0.467. The second kappa shape index (κ2) is 8.55. The van der Waals surface area contributed by atoms with Crippen LogP contribution in [-0.2, 0) is 11.3 Å². The van der Waals surface area contributed by atoms with Crippen LogP contribution in [0.25, 0.3) is 0 Å². The Kier molecular flexibility index (Phi) is 7.04. The first-order valence-corrected chi connectivity index (χ1v) is 6.91. The normalized spacial score (nSPS) is 15.2. The SMILES string of the molecule is CCC(C)C(NC(=O)OCc1ccccc1)C(O)NC. The lowest BCUT2D eigenvalue weighted by molar-refractivity contribution is 0.0662. The molecule has 1 amide bonds. The van der Waals surface area contributed by atoms with Crippen molar-refractivity contribution in [3.63, 3.8) is 0 Å². The molecule has 0 radical (unpaired) electrons. The van der Waals surface area contributed by atoms with E-state index in [-0.39, 0.29) is 18.6 Å². The molecule has 20 heavy (non-hydrogen) atoms. The van der Waals surface area contributed by atoms with Crippen molar-refractivity contribution in [2.45, 2.75) is 39.1 Å². The van der Waals surface area contributed by atoms with E-state index in [0.29, 0.717) is 0 Å². The van der Waals surface area contributed by atoms with Gasteiger partial charge in [-0.05, 0) is 18.5 Å². The summed E-state index contributed by atoms with van der Waals surface area (Å²) in [5.41, 5.74) is 0.928. The van der Waals surface area contributed by atoms with Crippen molar-refractivity contribution in [2.75, 3.05) is 7.05 Å². The van der Waals surface area contributed by atoms with Crippen LogP contribution in [0.15, 0.2) is 30.3 Å². The summed E-state index contributed by atoms with van der Waals surface area (Å²) in [6.45, 7) is 4.20. The van der Waals surface area contributed by atoms with Gasteiger partial charge in [-0.25, -0.2) is 4.79 Å². The van der Waals surface area contributed by atoms with Crippen molar-refractivity contribution in [3.05, 3.63) is 35.9 Å². The molecule has 3 N–H and O–H groups in total. The van der Waals surface area contributed by atoms with Crippen LogP contribution in [0.2, 0.25) is 0 Å². The predicted octanol–water partition coefficient (Wildman–Crippen LogP) is 1.87. The third-order valence-electron chi connectivity index (χ3n) is 3.39. The second-order valence-electron chi connectivity index (χ2n) is 4.85. The maximum atomic E-state index is 11.8. The molecule has 3 atom stereocenters. The van der Waals surface area contributed by atoms with Gasteiger partial charge in [-0.1, -0.05) is 50.6 Å².